The molecule has 0 aromatic rings. The van der Waals surface area contributed by atoms with Crippen molar-refractivity contribution < 1.29 is 5.11 Å². The molecule has 1 rings (SSSR count). The summed E-state index contributed by atoms with van der Waals surface area (Å²) >= 11 is 0. The van der Waals surface area contributed by atoms with E-state index < -0.39 is 0 Å². The molecule has 2 unspecified atom stereocenters. The second-order valence-electron chi connectivity index (χ2n) is 5.35. The van der Waals surface area contributed by atoms with Crippen LogP contribution in [-0.4, -0.2) is 67.3 Å². The maximum atomic E-state index is 9.33. The van der Waals surface area contributed by atoms with Crippen molar-refractivity contribution in [2.75, 3.05) is 40.3 Å². The summed E-state index contributed by atoms with van der Waals surface area (Å²) in [5, 5.41) is 9.33. The largest absolute Gasteiger partial charge is 0.395 e. The molecule has 3 N–H and O–H groups in total. The molecular formula is C12H27N3O. The Hall–Kier alpha value is -0.160. The van der Waals surface area contributed by atoms with E-state index in [9.17, 15) is 5.11 Å². The Labute approximate surface area is 99.4 Å². The van der Waals surface area contributed by atoms with Crippen molar-refractivity contribution in [3.8, 4) is 0 Å². The first-order chi connectivity index (χ1) is 7.54. The molecule has 0 spiro atoms. The van der Waals surface area contributed by atoms with Crippen LogP contribution in [-0.2, 0) is 0 Å². The molecule has 96 valence electrons. The molecule has 2 atom stereocenters. The van der Waals surface area contributed by atoms with Gasteiger partial charge >= 0.3 is 0 Å². The molecule has 0 aromatic heterocycles. The fourth-order valence-electron chi connectivity index (χ4n) is 2.60. The lowest BCUT2D eigenvalue weighted by atomic mass is 9.94. The summed E-state index contributed by atoms with van der Waals surface area (Å²) in [4.78, 5) is 4.60. The summed E-state index contributed by atoms with van der Waals surface area (Å²) in [5.74, 6) is 0.804. The standard InChI is InChI=1S/C12H27N3O/c1-10(13)12(9-16)15-6-4-11(5-7-15)8-14(2)3/h10-12,16H,4-9,13H2,1-3H3. The number of piperidine rings is 1. The summed E-state index contributed by atoms with van der Waals surface area (Å²) < 4.78 is 0. The zero-order chi connectivity index (χ0) is 12.1. The first-order valence-corrected chi connectivity index (χ1v) is 6.29. The third kappa shape index (κ3) is 4.01. The minimum Gasteiger partial charge on any atom is -0.395 e. The molecule has 16 heavy (non-hydrogen) atoms. The number of rotatable bonds is 5. The van der Waals surface area contributed by atoms with Crippen molar-refractivity contribution in [1.82, 2.24) is 9.80 Å². The summed E-state index contributed by atoms with van der Waals surface area (Å²) in [6.07, 6.45) is 2.45. The molecule has 4 heteroatoms. The molecule has 1 fully saturated rings. The van der Waals surface area contributed by atoms with Gasteiger partial charge < -0.3 is 15.7 Å². The summed E-state index contributed by atoms with van der Waals surface area (Å²) in [7, 11) is 4.26. The van der Waals surface area contributed by atoms with Gasteiger partial charge in [-0.3, -0.25) is 4.90 Å². The van der Waals surface area contributed by atoms with Crippen LogP contribution >= 0.6 is 0 Å². The van der Waals surface area contributed by atoms with Crippen LogP contribution < -0.4 is 5.73 Å². The number of nitrogens with two attached hydrogens (primary N) is 1. The van der Waals surface area contributed by atoms with E-state index in [0.29, 0.717) is 0 Å². The monoisotopic (exact) mass is 229 g/mol. The molecule has 1 heterocycles. The smallest absolute Gasteiger partial charge is 0.0601 e. The number of nitrogens with zero attached hydrogens (tertiary/aromatic N) is 2. The van der Waals surface area contributed by atoms with Gasteiger partial charge in [-0.2, -0.15) is 0 Å². The van der Waals surface area contributed by atoms with Gasteiger partial charge in [-0.25, -0.2) is 0 Å². The summed E-state index contributed by atoms with van der Waals surface area (Å²) in [5.41, 5.74) is 5.88. The predicted molar refractivity (Wildman–Crippen MR) is 67.4 cm³/mol. The Morgan fingerprint density at radius 3 is 2.31 bits per heavy atom. The molecule has 0 amide bonds. The van der Waals surface area contributed by atoms with Gasteiger partial charge in [-0.1, -0.05) is 0 Å². The molecule has 0 aliphatic carbocycles. The van der Waals surface area contributed by atoms with Gasteiger partial charge in [0.25, 0.3) is 0 Å². The third-order valence-corrected chi connectivity index (χ3v) is 3.54. The van der Waals surface area contributed by atoms with E-state index in [-0.39, 0.29) is 18.7 Å². The van der Waals surface area contributed by atoms with Gasteiger partial charge in [0.05, 0.1) is 6.61 Å². The van der Waals surface area contributed by atoms with Crippen LogP contribution in [0, 0.1) is 5.92 Å². The Morgan fingerprint density at radius 1 is 1.38 bits per heavy atom. The van der Waals surface area contributed by atoms with Gasteiger partial charge in [0, 0.05) is 18.6 Å². The Bertz CT molecular complexity index is 189. The predicted octanol–water partition coefficient (Wildman–Crippen LogP) is -0.0319. The highest BCUT2D eigenvalue weighted by atomic mass is 16.3. The number of hydrogen-bond donors (Lipinski definition) is 2. The van der Waals surface area contributed by atoms with Crippen molar-refractivity contribution in [1.29, 1.82) is 0 Å². The summed E-state index contributed by atoms with van der Waals surface area (Å²) in [6.45, 7) is 5.48. The van der Waals surface area contributed by atoms with Crippen LogP contribution in [0.1, 0.15) is 19.8 Å². The maximum absolute atomic E-state index is 9.33. The van der Waals surface area contributed by atoms with Gasteiger partial charge in [0.15, 0.2) is 0 Å². The van der Waals surface area contributed by atoms with Gasteiger partial charge in [0.1, 0.15) is 0 Å². The third-order valence-electron chi connectivity index (χ3n) is 3.54. The molecular weight excluding hydrogens is 202 g/mol. The first kappa shape index (κ1) is 13.9. The molecule has 4 nitrogen and oxygen atoms in total. The number of hydrogen-bond acceptors (Lipinski definition) is 4. The number of likely N-dealkylation sites (tertiary alicyclic amines) is 1. The zero-order valence-corrected chi connectivity index (χ0v) is 10.9. The van der Waals surface area contributed by atoms with E-state index in [1.807, 2.05) is 6.92 Å². The van der Waals surface area contributed by atoms with Gasteiger partial charge in [0.2, 0.25) is 0 Å². The lowest BCUT2D eigenvalue weighted by Gasteiger charge is -2.39. The quantitative estimate of drug-likeness (QED) is 0.695. The maximum Gasteiger partial charge on any atom is 0.0601 e. The van der Waals surface area contributed by atoms with E-state index in [1.165, 1.54) is 19.4 Å². The van der Waals surface area contributed by atoms with Crippen LogP contribution in [0.15, 0.2) is 0 Å². The highest BCUT2D eigenvalue weighted by molar-refractivity contribution is 4.83. The van der Waals surface area contributed by atoms with E-state index in [4.69, 9.17) is 5.73 Å². The van der Waals surface area contributed by atoms with Gasteiger partial charge in [-0.15, -0.1) is 0 Å². The fraction of sp³-hybridized carbons (Fsp3) is 1.00. The second kappa shape index (κ2) is 6.55. The first-order valence-electron chi connectivity index (χ1n) is 6.29. The van der Waals surface area contributed by atoms with Gasteiger partial charge in [-0.05, 0) is 52.9 Å². The van der Waals surface area contributed by atoms with E-state index in [2.05, 4.69) is 23.9 Å². The molecule has 0 radical (unpaired) electrons. The normalized spacial score (nSPS) is 23.6. The van der Waals surface area contributed by atoms with Crippen LogP contribution in [0.2, 0.25) is 0 Å². The Kier molecular flexibility index (Phi) is 5.69. The fourth-order valence-corrected chi connectivity index (χ4v) is 2.60. The minimum absolute atomic E-state index is 0.0513. The van der Waals surface area contributed by atoms with Crippen molar-refractivity contribution in [3.63, 3.8) is 0 Å². The van der Waals surface area contributed by atoms with Crippen LogP contribution in [0.25, 0.3) is 0 Å². The Balaban J connectivity index is 2.36. The molecule has 1 aliphatic heterocycles. The average molecular weight is 229 g/mol. The Morgan fingerprint density at radius 2 is 1.94 bits per heavy atom. The number of aliphatic hydroxyl groups excluding tert-OH is 1. The zero-order valence-electron chi connectivity index (χ0n) is 10.9. The van der Waals surface area contributed by atoms with Crippen molar-refractivity contribution in [3.05, 3.63) is 0 Å². The van der Waals surface area contributed by atoms with Crippen molar-refractivity contribution in [2.45, 2.75) is 31.8 Å². The van der Waals surface area contributed by atoms with E-state index in [1.54, 1.807) is 0 Å². The van der Waals surface area contributed by atoms with Crippen molar-refractivity contribution in [2.24, 2.45) is 11.7 Å². The van der Waals surface area contributed by atoms with E-state index >= 15 is 0 Å². The van der Waals surface area contributed by atoms with Crippen LogP contribution in [0.3, 0.4) is 0 Å². The summed E-state index contributed by atoms with van der Waals surface area (Å²) in [6, 6.07) is 0.190. The molecule has 0 aromatic carbocycles. The highest BCUT2D eigenvalue weighted by Gasteiger charge is 2.26. The number of aliphatic hydroxyl groups is 1. The average Bonchev–Trinajstić information content (AvgIpc) is 2.20. The molecule has 0 saturated carbocycles. The minimum atomic E-state index is 0.0513. The molecule has 1 saturated heterocycles. The SMILES string of the molecule is CC(N)C(CO)N1CCC(CN(C)C)CC1. The topological polar surface area (TPSA) is 52.7 Å². The molecule has 1 aliphatic rings. The van der Waals surface area contributed by atoms with Crippen molar-refractivity contribution >= 4 is 0 Å². The van der Waals surface area contributed by atoms with Crippen LogP contribution in [0.4, 0.5) is 0 Å². The molecule has 0 bridgehead atoms. The lowest BCUT2D eigenvalue weighted by molar-refractivity contribution is 0.0697. The van der Waals surface area contributed by atoms with E-state index in [0.717, 1.165) is 19.0 Å². The van der Waals surface area contributed by atoms with Crippen LogP contribution in [0.5, 0.6) is 0 Å². The lowest BCUT2D eigenvalue weighted by Crippen LogP contribution is -2.52. The second-order valence-corrected chi connectivity index (χ2v) is 5.35. The highest BCUT2D eigenvalue weighted by Crippen LogP contribution is 2.20.